The molecule has 4 rings (SSSR count). The van der Waals surface area contributed by atoms with Gasteiger partial charge < -0.3 is 20.7 Å². The molecular formula is C20H20N8O2. The largest absolute Gasteiger partial charge is 0.492 e. The van der Waals surface area contributed by atoms with E-state index in [4.69, 9.17) is 13.0 Å². The third-order valence-electron chi connectivity index (χ3n) is 4.24. The number of carbonyl (C=O) groups is 1. The fraction of sp³-hybridized carbons (Fsp3) is 0.150. The molecule has 0 radical (unpaired) electrons. The van der Waals surface area contributed by atoms with Crippen LogP contribution in [-0.2, 0) is 6.98 Å². The summed E-state index contributed by atoms with van der Waals surface area (Å²) < 4.78 is 51.7. The number of hydrogen-bond acceptors (Lipinski definition) is 8. The van der Waals surface area contributed by atoms with Crippen LogP contribution in [0.15, 0.2) is 49.1 Å². The van der Waals surface area contributed by atoms with Crippen molar-refractivity contribution in [3.05, 3.63) is 54.6 Å². The molecule has 152 valence electrons. The molecule has 30 heavy (non-hydrogen) atoms. The van der Waals surface area contributed by atoms with Gasteiger partial charge in [-0.25, -0.2) is 15.0 Å². The average Bonchev–Trinajstić information content (AvgIpc) is 3.23. The zero-order chi connectivity index (χ0) is 26.1. The topological polar surface area (TPSA) is 119 Å². The van der Waals surface area contributed by atoms with Gasteiger partial charge in [-0.1, -0.05) is 0 Å². The molecule has 3 N–H and O–H groups in total. The maximum atomic E-state index is 12.7. The number of rotatable bonds is 6. The Morgan fingerprint density at radius 3 is 2.87 bits per heavy atom. The van der Waals surface area contributed by atoms with Crippen LogP contribution in [0.5, 0.6) is 5.75 Å². The molecule has 0 atom stereocenters. The number of ether oxygens (including phenoxy) is 1. The molecule has 3 heterocycles. The lowest BCUT2D eigenvalue weighted by molar-refractivity contribution is 0.0963. The second-order valence-corrected chi connectivity index (χ2v) is 6.03. The summed E-state index contributed by atoms with van der Waals surface area (Å²) in [6.45, 7) is -5.30. The van der Waals surface area contributed by atoms with Gasteiger partial charge in [0.25, 0.3) is 5.91 Å². The van der Waals surface area contributed by atoms with E-state index in [2.05, 4.69) is 30.7 Å². The first kappa shape index (κ1) is 13.1. The molecule has 10 heteroatoms. The second kappa shape index (κ2) is 8.03. The highest BCUT2D eigenvalue weighted by Crippen LogP contribution is 2.35. The number of carbonyl (C=O) groups excluding carboxylic acids is 1. The van der Waals surface area contributed by atoms with Crippen LogP contribution in [-0.4, -0.2) is 44.7 Å². The number of anilines is 4. The monoisotopic (exact) mass is 410 g/mol. The Kier molecular flexibility index (Phi) is 3.51. The van der Waals surface area contributed by atoms with E-state index < -0.39 is 19.9 Å². The lowest BCUT2D eigenvalue weighted by atomic mass is 10.2. The number of nitrogens with one attached hydrogen (secondary N) is 3. The van der Waals surface area contributed by atoms with Crippen LogP contribution >= 0.6 is 0 Å². The summed E-state index contributed by atoms with van der Waals surface area (Å²) in [6, 6.07) is 7.70. The van der Waals surface area contributed by atoms with Crippen LogP contribution < -0.4 is 20.7 Å². The fourth-order valence-corrected chi connectivity index (χ4v) is 2.89. The van der Waals surface area contributed by atoms with Crippen LogP contribution in [0, 0.1) is 0 Å². The predicted octanol–water partition coefficient (Wildman–Crippen LogP) is 2.61. The lowest BCUT2D eigenvalue weighted by Gasteiger charge is -2.16. The molecule has 0 spiro atoms. The number of benzene rings is 1. The van der Waals surface area contributed by atoms with E-state index in [9.17, 15) is 4.79 Å². The second-order valence-electron chi connectivity index (χ2n) is 6.03. The summed E-state index contributed by atoms with van der Waals surface area (Å²) in [7, 11) is 1.36. The van der Waals surface area contributed by atoms with Crippen molar-refractivity contribution in [3.8, 4) is 5.75 Å². The van der Waals surface area contributed by atoms with Crippen molar-refractivity contribution in [1.82, 2.24) is 30.0 Å². The van der Waals surface area contributed by atoms with E-state index in [0.717, 1.165) is 4.68 Å². The Hall–Kier alpha value is -4.21. The molecule has 0 aliphatic carbocycles. The van der Waals surface area contributed by atoms with E-state index in [1.807, 2.05) is 5.32 Å². The van der Waals surface area contributed by atoms with E-state index in [-0.39, 0.29) is 34.2 Å². The maximum Gasteiger partial charge on any atom is 0.254 e. The van der Waals surface area contributed by atoms with Crippen LogP contribution in [0.25, 0.3) is 10.9 Å². The molecular weight excluding hydrogens is 384 g/mol. The van der Waals surface area contributed by atoms with Crippen molar-refractivity contribution in [2.45, 2.75) is 0 Å². The van der Waals surface area contributed by atoms with Gasteiger partial charge in [-0.3, -0.25) is 9.48 Å². The predicted molar refractivity (Wildman–Crippen MR) is 113 cm³/mol. The zero-order valence-electron chi connectivity index (χ0n) is 21.7. The van der Waals surface area contributed by atoms with Gasteiger partial charge in [0, 0.05) is 33.8 Å². The van der Waals surface area contributed by atoms with Crippen molar-refractivity contribution in [1.29, 1.82) is 0 Å². The molecule has 0 fully saturated rings. The third-order valence-corrected chi connectivity index (χ3v) is 4.24. The Morgan fingerprint density at radius 2 is 2.10 bits per heavy atom. The van der Waals surface area contributed by atoms with Crippen LogP contribution in [0.3, 0.4) is 0 Å². The van der Waals surface area contributed by atoms with Gasteiger partial charge in [-0.15, -0.1) is 0 Å². The summed E-state index contributed by atoms with van der Waals surface area (Å²) in [4.78, 5) is 25.1. The average molecular weight is 410 g/mol. The molecule has 1 aromatic carbocycles. The number of methoxy groups -OCH3 is 1. The van der Waals surface area contributed by atoms with E-state index in [1.54, 1.807) is 18.2 Å². The summed E-state index contributed by atoms with van der Waals surface area (Å²) in [5, 5.41) is 12.3. The Bertz CT molecular complexity index is 1410. The van der Waals surface area contributed by atoms with E-state index in [1.165, 1.54) is 38.0 Å². The number of aromatic nitrogens is 5. The summed E-state index contributed by atoms with van der Waals surface area (Å²) in [6.07, 6.45) is 4.27. The van der Waals surface area contributed by atoms with Crippen molar-refractivity contribution in [3.63, 3.8) is 0 Å². The SMILES string of the molecule is [2H]C([2H])([2H])NC(=O)c1ccc(Nc2ccncn2)nc1Nc1ccc2cnn(C([2H])([2H])[2H])c2c1OC. The molecule has 0 aliphatic rings. The van der Waals surface area contributed by atoms with Crippen molar-refractivity contribution < 1.29 is 17.8 Å². The van der Waals surface area contributed by atoms with Crippen LogP contribution in [0.1, 0.15) is 18.6 Å². The molecule has 4 aromatic rings. The summed E-state index contributed by atoms with van der Waals surface area (Å²) >= 11 is 0. The molecule has 0 bridgehead atoms. The first-order valence-corrected chi connectivity index (χ1v) is 8.65. The van der Waals surface area contributed by atoms with Gasteiger partial charge in [0.1, 0.15) is 29.3 Å². The van der Waals surface area contributed by atoms with Gasteiger partial charge in [0.2, 0.25) is 0 Å². The van der Waals surface area contributed by atoms with Gasteiger partial charge >= 0.3 is 0 Å². The normalized spacial score (nSPS) is 14.4. The summed E-state index contributed by atoms with van der Waals surface area (Å²) in [5.41, 5.74) is 0.391. The van der Waals surface area contributed by atoms with Gasteiger partial charge in [0.05, 0.1) is 24.6 Å². The molecule has 3 aromatic heterocycles. The molecule has 0 saturated carbocycles. The van der Waals surface area contributed by atoms with Crippen LogP contribution in [0.2, 0.25) is 0 Å². The third kappa shape index (κ3) is 3.58. The Labute approximate surface area is 180 Å². The molecule has 0 aliphatic heterocycles. The highest BCUT2D eigenvalue weighted by molar-refractivity contribution is 6.00. The first-order valence-electron chi connectivity index (χ1n) is 11.6. The maximum absolute atomic E-state index is 12.7. The lowest BCUT2D eigenvalue weighted by Crippen LogP contribution is -2.20. The number of pyridine rings is 1. The Balaban J connectivity index is 1.80. The van der Waals surface area contributed by atoms with Crippen molar-refractivity contribution >= 4 is 40.0 Å². The van der Waals surface area contributed by atoms with Crippen LogP contribution in [0.4, 0.5) is 23.1 Å². The molecule has 0 saturated heterocycles. The molecule has 1 amide bonds. The zero-order valence-corrected chi connectivity index (χ0v) is 15.7. The van der Waals surface area contributed by atoms with E-state index in [0.29, 0.717) is 11.2 Å². The molecule has 0 unspecified atom stereocenters. The minimum absolute atomic E-state index is 0.0200. The number of hydrogen-bond donors (Lipinski definition) is 3. The highest BCUT2D eigenvalue weighted by Gasteiger charge is 2.17. The van der Waals surface area contributed by atoms with Gasteiger partial charge in [-0.05, 0) is 30.3 Å². The number of amides is 1. The van der Waals surface area contributed by atoms with E-state index >= 15 is 0 Å². The number of nitrogens with zero attached hydrogens (tertiary/aromatic N) is 5. The Morgan fingerprint density at radius 1 is 1.17 bits per heavy atom. The summed E-state index contributed by atoms with van der Waals surface area (Å²) in [5.74, 6) is -0.0585. The highest BCUT2D eigenvalue weighted by atomic mass is 16.5. The minimum atomic E-state index is -2.73. The smallest absolute Gasteiger partial charge is 0.254 e. The van der Waals surface area contributed by atoms with Crippen molar-refractivity contribution in [2.75, 3.05) is 24.7 Å². The van der Waals surface area contributed by atoms with Gasteiger partial charge in [0.15, 0.2) is 5.75 Å². The standard InChI is InChI=1S/C20H20N8O2/c1-21-20(29)13-5-7-16(26-15-8-9-22-11-23-15)27-19(13)25-14-6-4-12-10-24-28(2)17(12)18(14)30-3/h4-11H,1-3H3,(H,21,29)(H2,22,23,25,26,27)/i1D3,2D3. The van der Waals surface area contributed by atoms with Gasteiger partial charge in [-0.2, -0.15) is 5.10 Å². The fourth-order valence-electron chi connectivity index (χ4n) is 2.89. The quantitative estimate of drug-likeness (QED) is 0.444. The van der Waals surface area contributed by atoms with Crippen molar-refractivity contribution in [2.24, 2.45) is 6.98 Å². The first-order chi connectivity index (χ1) is 17.0. The minimum Gasteiger partial charge on any atom is -0.492 e. The number of fused-ring (bicyclic) bond motifs is 1. The molecule has 10 nitrogen and oxygen atoms in total. The number of aryl methyl sites for hydroxylation is 1.